The van der Waals surface area contributed by atoms with Gasteiger partial charge in [0.15, 0.2) is 0 Å². The molecule has 1 fully saturated rings. The van der Waals surface area contributed by atoms with Crippen molar-refractivity contribution in [3.8, 4) is 0 Å². The van der Waals surface area contributed by atoms with Crippen LogP contribution in [-0.2, 0) is 4.74 Å². The number of rotatable bonds is 4. The van der Waals surface area contributed by atoms with Crippen LogP contribution in [-0.4, -0.2) is 50.0 Å². The van der Waals surface area contributed by atoms with Crippen LogP contribution >= 0.6 is 0 Å². The fraction of sp³-hybridized carbons (Fsp3) is 0.455. The van der Waals surface area contributed by atoms with Crippen molar-refractivity contribution < 1.29 is 24.4 Å². The molecular formula is C22H24N4O6. The second kappa shape index (κ2) is 8.89. The second-order valence-corrected chi connectivity index (χ2v) is 8.29. The molecule has 32 heavy (non-hydrogen) atoms. The third-order valence-electron chi connectivity index (χ3n) is 6.26. The molecule has 1 aliphatic carbocycles. The Bertz CT molecular complexity index is 1040. The molecule has 2 heterocycles. The first-order valence-electron chi connectivity index (χ1n) is 10.6. The molecule has 0 radical (unpaired) electrons. The fourth-order valence-electron chi connectivity index (χ4n) is 4.64. The molecule has 0 saturated carbocycles. The van der Waals surface area contributed by atoms with E-state index in [9.17, 15) is 24.8 Å². The van der Waals surface area contributed by atoms with Gasteiger partial charge in [-0.3, -0.25) is 10.1 Å². The average molecular weight is 440 g/mol. The molecule has 0 spiro atoms. The molecule has 1 aromatic heterocycles. The van der Waals surface area contributed by atoms with Crippen molar-refractivity contribution in [2.75, 3.05) is 13.1 Å². The predicted molar refractivity (Wildman–Crippen MR) is 113 cm³/mol. The van der Waals surface area contributed by atoms with E-state index in [1.165, 1.54) is 35.5 Å². The van der Waals surface area contributed by atoms with Gasteiger partial charge in [0.05, 0.1) is 21.9 Å². The molecule has 1 saturated heterocycles. The number of nitrogens with zero attached hydrogens (tertiary/aromatic N) is 4. The summed E-state index contributed by atoms with van der Waals surface area (Å²) in [4.78, 5) is 44.7. The average Bonchev–Trinajstić information content (AvgIpc) is 2.94. The number of non-ortho nitro benzene ring substituents is 1. The van der Waals surface area contributed by atoms with Gasteiger partial charge in [0.1, 0.15) is 12.4 Å². The van der Waals surface area contributed by atoms with Gasteiger partial charge in [-0.2, -0.15) is 0 Å². The lowest BCUT2D eigenvalue weighted by atomic mass is 9.90. The van der Waals surface area contributed by atoms with Crippen molar-refractivity contribution in [3.63, 3.8) is 0 Å². The summed E-state index contributed by atoms with van der Waals surface area (Å²) < 4.78 is 5.73. The molecule has 10 nitrogen and oxygen atoms in total. The predicted octanol–water partition coefficient (Wildman–Crippen LogP) is 4.04. The number of likely N-dealkylation sites (tertiary alicyclic amines) is 1. The number of amides is 1. The third kappa shape index (κ3) is 4.25. The largest absolute Gasteiger partial charge is 0.465 e. The number of hydrogen-bond acceptors (Lipinski definition) is 7. The minimum absolute atomic E-state index is 0.0923. The molecule has 2 aliphatic rings. The molecule has 1 amide bonds. The molecule has 1 aromatic carbocycles. The summed E-state index contributed by atoms with van der Waals surface area (Å²) in [5, 5.41) is 20.1. The second-order valence-electron chi connectivity index (χ2n) is 8.29. The number of esters is 1. The summed E-state index contributed by atoms with van der Waals surface area (Å²) in [6.07, 6.45) is 2.94. The van der Waals surface area contributed by atoms with Crippen molar-refractivity contribution in [2.24, 2.45) is 0 Å². The van der Waals surface area contributed by atoms with E-state index >= 15 is 0 Å². The number of nitro groups is 1. The summed E-state index contributed by atoms with van der Waals surface area (Å²) in [5.74, 6) is -0.339. The fourth-order valence-corrected chi connectivity index (χ4v) is 4.64. The quantitative estimate of drug-likeness (QED) is 0.427. The molecule has 10 heteroatoms. The van der Waals surface area contributed by atoms with Crippen molar-refractivity contribution >= 4 is 17.7 Å². The number of carboxylic acid groups (broad SMARTS) is 1. The standard InChI is InChI=1S/C22H24N4O6/c1-13-11-17(32-21(27)15-4-6-16(7-5-15)26(30)31)20-18(13)19(23-12-24-20)14-3-2-9-25(10-8-14)22(28)29/h4-7,12-14,17H,2-3,8-11H2,1H3,(H,28,29)/t13-,14?,17-/m1/s1. The van der Waals surface area contributed by atoms with Crippen molar-refractivity contribution in [1.29, 1.82) is 0 Å². The molecule has 3 atom stereocenters. The number of fused-ring (bicyclic) bond motifs is 1. The summed E-state index contributed by atoms with van der Waals surface area (Å²) >= 11 is 0. The Morgan fingerprint density at radius 2 is 1.88 bits per heavy atom. The molecule has 4 rings (SSSR count). The molecule has 1 unspecified atom stereocenters. The lowest BCUT2D eigenvalue weighted by Gasteiger charge is -2.19. The Morgan fingerprint density at radius 1 is 1.16 bits per heavy atom. The highest BCUT2D eigenvalue weighted by molar-refractivity contribution is 5.89. The Balaban J connectivity index is 1.53. The van der Waals surface area contributed by atoms with E-state index in [4.69, 9.17) is 4.74 Å². The Morgan fingerprint density at radius 3 is 2.56 bits per heavy atom. The SMILES string of the molecule is C[C@@H]1C[C@@H](OC(=O)c2ccc([N+](=O)[O-])cc2)c2ncnc(C3CCCN(C(=O)O)CC3)c21. The van der Waals surface area contributed by atoms with Crippen LogP contribution in [0, 0.1) is 10.1 Å². The van der Waals surface area contributed by atoms with Crippen LogP contribution in [0.5, 0.6) is 0 Å². The van der Waals surface area contributed by atoms with Crippen LogP contribution in [0.1, 0.15) is 77.9 Å². The first kappa shape index (κ1) is 21.7. The normalized spacial score (nSPS) is 22.7. The zero-order chi connectivity index (χ0) is 22.8. The smallest absolute Gasteiger partial charge is 0.407 e. The van der Waals surface area contributed by atoms with E-state index in [1.807, 2.05) is 6.92 Å². The van der Waals surface area contributed by atoms with E-state index < -0.39 is 23.1 Å². The number of benzene rings is 1. The van der Waals surface area contributed by atoms with Gasteiger partial charge in [0.2, 0.25) is 0 Å². The summed E-state index contributed by atoms with van der Waals surface area (Å²) in [6, 6.07) is 5.30. The zero-order valence-electron chi connectivity index (χ0n) is 17.6. The van der Waals surface area contributed by atoms with Gasteiger partial charge in [-0.15, -0.1) is 0 Å². The Kier molecular flexibility index (Phi) is 6.02. The molecule has 1 aliphatic heterocycles. The molecule has 1 N–H and O–H groups in total. The number of carbonyl (C=O) groups is 2. The Hall–Kier alpha value is -3.56. The van der Waals surface area contributed by atoms with Gasteiger partial charge in [0.25, 0.3) is 5.69 Å². The minimum Gasteiger partial charge on any atom is -0.465 e. The van der Waals surface area contributed by atoms with Crippen LogP contribution in [0.3, 0.4) is 0 Å². The lowest BCUT2D eigenvalue weighted by molar-refractivity contribution is -0.384. The van der Waals surface area contributed by atoms with Crippen LogP contribution in [0.4, 0.5) is 10.5 Å². The number of aromatic nitrogens is 2. The molecule has 2 aromatic rings. The van der Waals surface area contributed by atoms with E-state index in [0.29, 0.717) is 31.6 Å². The van der Waals surface area contributed by atoms with Gasteiger partial charge >= 0.3 is 12.1 Å². The van der Waals surface area contributed by atoms with Crippen LogP contribution in [0.25, 0.3) is 0 Å². The zero-order valence-corrected chi connectivity index (χ0v) is 17.6. The van der Waals surface area contributed by atoms with Crippen LogP contribution in [0.15, 0.2) is 30.6 Å². The maximum absolute atomic E-state index is 12.6. The van der Waals surface area contributed by atoms with E-state index in [0.717, 1.165) is 24.1 Å². The highest BCUT2D eigenvalue weighted by Crippen LogP contribution is 2.45. The maximum atomic E-state index is 12.6. The Labute approximate surface area is 184 Å². The number of hydrogen-bond donors (Lipinski definition) is 1. The maximum Gasteiger partial charge on any atom is 0.407 e. The molecular weight excluding hydrogens is 416 g/mol. The monoisotopic (exact) mass is 440 g/mol. The number of nitro benzene ring substituents is 1. The van der Waals surface area contributed by atoms with Gasteiger partial charge in [-0.05, 0) is 43.7 Å². The first-order chi connectivity index (χ1) is 15.3. The summed E-state index contributed by atoms with van der Waals surface area (Å²) in [6.45, 7) is 3.03. The van der Waals surface area contributed by atoms with Crippen LogP contribution < -0.4 is 0 Å². The summed E-state index contributed by atoms with van der Waals surface area (Å²) in [7, 11) is 0. The van der Waals surface area contributed by atoms with E-state index in [-0.39, 0.29) is 23.1 Å². The van der Waals surface area contributed by atoms with Gasteiger partial charge < -0.3 is 14.7 Å². The summed E-state index contributed by atoms with van der Waals surface area (Å²) in [5.41, 5.74) is 2.75. The van der Waals surface area contributed by atoms with Gasteiger partial charge in [-0.1, -0.05) is 6.92 Å². The van der Waals surface area contributed by atoms with Crippen LogP contribution in [0.2, 0.25) is 0 Å². The molecule has 168 valence electrons. The van der Waals surface area contributed by atoms with Crippen molar-refractivity contribution in [2.45, 2.75) is 50.5 Å². The third-order valence-corrected chi connectivity index (χ3v) is 6.26. The highest BCUT2D eigenvalue weighted by Gasteiger charge is 2.37. The topological polar surface area (TPSA) is 136 Å². The molecule has 0 bridgehead atoms. The van der Waals surface area contributed by atoms with Crippen molar-refractivity contribution in [3.05, 3.63) is 63.2 Å². The van der Waals surface area contributed by atoms with Crippen molar-refractivity contribution in [1.82, 2.24) is 14.9 Å². The van der Waals surface area contributed by atoms with E-state index in [1.54, 1.807) is 0 Å². The number of carbonyl (C=O) groups excluding carboxylic acids is 1. The van der Waals surface area contributed by atoms with Gasteiger partial charge in [-0.25, -0.2) is 19.6 Å². The first-order valence-corrected chi connectivity index (χ1v) is 10.6. The lowest BCUT2D eigenvalue weighted by Crippen LogP contribution is -2.30. The highest BCUT2D eigenvalue weighted by atomic mass is 16.6. The minimum atomic E-state index is -0.898. The number of ether oxygens (including phenoxy) is 1. The van der Waals surface area contributed by atoms with Gasteiger partial charge in [0, 0.05) is 36.7 Å². The van der Waals surface area contributed by atoms with E-state index in [2.05, 4.69) is 9.97 Å².